The van der Waals surface area contributed by atoms with Crippen LogP contribution in [0.4, 0.5) is 0 Å². The predicted octanol–water partition coefficient (Wildman–Crippen LogP) is 2.55. The predicted molar refractivity (Wildman–Crippen MR) is 82.5 cm³/mol. The van der Waals surface area contributed by atoms with Gasteiger partial charge in [-0.2, -0.15) is 5.26 Å². The zero-order valence-corrected chi connectivity index (χ0v) is 12.9. The van der Waals surface area contributed by atoms with Crippen LogP contribution in [0.15, 0.2) is 29.3 Å². The summed E-state index contributed by atoms with van der Waals surface area (Å²) in [6.45, 7) is 7.54. The Bertz CT molecular complexity index is 533. The first-order valence-electron chi connectivity index (χ1n) is 6.65. The highest BCUT2D eigenvalue weighted by Gasteiger charge is 2.24. The van der Waals surface area contributed by atoms with Crippen LogP contribution in [0.5, 0.6) is 5.75 Å². The largest absolute Gasteiger partial charge is 0.506 e. The highest BCUT2D eigenvalue weighted by Crippen LogP contribution is 2.37. The van der Waals surface area contributed by atoms with Gasteiger partial charge in [0.1, 0.15) is 5.75 Å². The Hall–Kier alpha value is -1.35. The van der Waals surface area contributed by atoms with Gasteiger partial charge in [0.05, 0.1) is 16.1 Å². The SMILES string of the molecule is C=CC[C@@H](c1cc(C#N)cc(Br)c1O)N1CCNCC1. The van der Waals surface area contributed by atoms with E-state index in [9.17, 15) is 5.11 Å². The number of phenols is 1. The monoisotopic (exact) mass is 335 g/mol. The van der Waals surface area contributed by atoms with Crippen LogP contribution in [0.25, 0.3) is 0 Å². The van der Waals surface area contributed by atoms with Crippen LogP contribution >= 0.6 is 15.9 Å². The number of hydrogen-bond donors (Lipinski definition) is 2. The molecule has 0 aliphatic carbocycles. The van der Waals surface area contributed by atoms with Gasteiger partial charge in [0, 0.05) is 37.8 Å². The fourth-order valence-corrected chi connectivity index (χ4v) is 3.04. The smallest absolute Gasteiger partial charge is 0.134 e. The number of benzene rings is 1. The number of rotatable bonds is 4. The lowest BCUT2D eigenvalue weighted by Gasteiger charge is -2.35. The first-order chi connectivity index (χ1) is 9.67. The lowest BCUT2D eigenvalue weighted by Crippen LogP contribution is -2.45. The first-order valence-corrected chi connectivity index (χ1v) is 7.45. The minimum Gasteiger partial charge on any atom is -0.506 e. The standard InChI is InChI=1S/C15H18BrN3O/c1-2-3-14(19-6-4-18-5-7-19)12-8-11(10-17)9-13(16)15(12)20/h2,8-9,14,18,20H,1,3-7H2/t14-/m0/s1. The summed E-state index contributed by atoms with van der Waals surface area (Å²) in [6, 6.07) is 5.61. The van der Waals surface area contributed by atoms with Crippen LogP contribution in [0, 0.1) is 11.3 Å². The van der Waals surface area contributed by atoms with Gasteiger partial charge in [-0.1, -0.05) is 6.08 Å². The van der Waals surface area contributed by atoms with E-state index in [0.29, 0.717) is 10.0 Å². The number of piperazine rings is 1. The maximum absolute atomic E-state index is 10.3. The van der Waals surface area contributed by atoms with Gasteiger partial charge in [-0.05, 0) is 34.5 Å². The molecule has 106 valence electrons. The summed E-state index contributed by atoms with van der Waals surface area (Å²) < 4.78 is 0.566. The van der Waals surface area contributed by atoms with Gasteiger partial charge in [0.2, 0.25) is 0 Å². The molecular weight excluding hydrogens is 318 g/mol. The molecular formula is C15H18BrN3O. The fraction of sp³-hybridized carbons (Fsp3) is 0.400. The second kappa shape index (κ2) is 6.89. The van der Waals surface area contributed by atoms with Gasteiger partial charge in [0.15, 0.2) is 0 Å². The van der Waals surface area contributed by atoms with Crippen molar-refractivity contribution in [1.29, 1.82) is 5.26 Å². The molecule has 0 bridgehead atoms. The maximum Gasteiger partial charge on any atom is 0.134 e. The summed E-state index contributed by atoms with van der Waals surface area (Å²) in [6.07, 6.45) is 2.61. The zero-order valence-electron chi connectivity index (χ0n) is 11.3. The summed E-state index contributed by atoms with van der Waals surface area (Å²) in [5.41, 5.74) is 1.34. The number of halogens is 1. The molecule has 1 fully saturated rings. The van der Waals surface area contributed by atoms with Gasteiger partial charge in [0.25, 0.3) is 0 Å². The average Bonchev–Trinajstić information content (AvgIpc) is 2.48. The molecule has 1 atom stereocenters. The third-order valence-corrected chi connectivity index (χ3v) is 4.17. The zero-order chi connectivity index (χ0) is 14.5. The minimum atomic E-state index is 0.0548. The molecule has 1 saturated heterocycles. The second-order valence-corrected chi connectivity index (χ2v) is 5.69. The van der Waals surface area contributed by atoms with E-state index in [1.54, 1.807) is 12.1 Å². The summed E-state index contributed by atoms with van der Waals surface area (Å²) in [7, 11) is 0. The third kappa shape index (κ3) is 3.21. The maximum atomic E-state index is 10.3. The molecule has 1 aliphatic rings. The van der Waals surface area contributed by atoms with Crippen molar-refractivity contribution in [3.05, 3.63) is 40.4 Å². The quantitative estimate of drug-likeness (QED) is 0.830. The Morgan fingerprint density at radius 1 is 1.50 bits per heavy atom. The van der Waals surface area contributed by atoms with E-state index in [1.807, 2.05) is 6.08 Å². The normalized spacial score (nSPS) is 17.4. The topological polar surface area (TPSA) is 59.3 Å². The molecule has 0 aromatic heterocycles. The molecule has 1 aliphatic heterocycles. The molecule has 2 rings (SSSR count). The first kappa shape index (κ1) is 15.0. The van der Waals surface area contributed by atoms with Gasteiger partial charge in [-0.25, -0.2) is 0 Å². The lowest BCUT2D eigenvalue weighted by molar-refractivity contribution is 0.172. The van der Waals surface area contributed by atoms with E-state index < -0.39 is 0 Å². The van der Waals surface area contributed by atoms with Crippen molar-refractivity contribution < 1.29 is 5.11 Å². The van der Waals surface area contributed by atoms with E-state index in [2.05, 4.69) is 38.8 Å². The van der Waals surface area contributed by atoms with Crippen LogP contribution in [0.3, 0.4) is 0 Å². The van der Waals surface area contributed by atoms with E-state index in [1.165, 1.54) is 0 Å². The number of nitriles is 1. The molecule has 1 aromatic carbocycles. The highest BCUT2D eigenvalue weighted by atomic mass is 79.9. The highest BCUT2D eigenvalue weighted by molar-refractivity contribution is 9.10. The fourth-order valence-electron chi connectivity index (χ4n) is 2.56. The molecule has 1 heterocycles. The molecule has 5 heteroatoms. The van der Waals surface area contributed by atoms with E-state index in [0.717, 1.165) is 38.2 Å². The molecule has 0 unspecified atom stereocenters. The van der Waals surface area contributed by atoms with Crippen molar-refractivity contribution in [2.75, 3.05) is 26.2 Å². The van der Waals surface area contributed by atoms with E-state index >= 15 is 0 Å². The Balaban J connectivity index is 2.40. The molecule has 0 radical (unpaired) electrons. The molecule has 0 spiro atoms. The molecule has 0 saturated carbocycles. The van der Waals surface area contributed by atoms with Gasteiger partial charge >= 0.3 is 0 Å². The Morgan fingerprint density at radius 3 is 2.80 bits per heavy atom. The van der Waals surface area contributed by atoms with E-state index in [4.69, 9.17) is 5.26 Å². The molecule has 20 heavy (non-hydrogen) atoms. The second-order valence-electron chi connectivity index (χ2n) is 4.83. The van der Waals surface area contributed by atoms with Crippen molar-refractivity contribution in [3.8, 4) is 11.8 Å². The van der Waals surface area contributed by atoms with Crippen LogP contribution in [0.2, 0.25) is 0 Å². The van der Waals surface area contributed by atoms with Crippen molar-refractivity contribution in [3.63, 3.8) is 0 Å². The van der Waals surface area contributed by atoms with Crippen LogP contribution in [-0.4, -0.2) is 36.2 Å². The third-order valence-electron chi connectivity index (χ3n) is 3.56. The van der Waals surface area contributed by atoms with Crippen molar-refractivity contribution in [2.45, 2.75) is 12.5 Å². The van der Waals surface area contributed by atoms with Crippen molar-refractivity contribution in [1.82, 2.24) is 10.2 Å². The van der Waals surface area contributed by atoms with Crippen molar-refractivity contribution >= 4 is 15.9 Å². The lowest BCUT2D eigenvalue weighted by atomic mass is 9.98. The molecule has 0 amide bonds. The Labute approximate surface area is 127 Å². The number of nitrogens with zero attached hydrogens (tertiary/aromatic N) is 2. The molecule has 1 aromatic rings. The molecule has 4 nitrogen and oxygen atoms in total. The number of hydrogen-bond acceptors (Lipinski definition) is 4. The van der Waals surface area contributed by atoms with Crippen molar-refractivity contribution in [2.24, 2.45) is 0 Å². The summed E-state index contributed by atoms with van der Waals surface area (Å²) in [4.78, 5) is 2.32. The average molecular weight is 336 g/mol. The van der Waals surface area contributed by atoms with Gasteiger partial charge in [-0.3, -0.25) is 4.90 Å². The molecule has 2 N–H and O–H groups in total. The minimum absolute atomic E-state index is 0.0548. The van der Waals surface area contributed by atoms with Crippen LogP contribution in [0.1, 0.15) is 23.6 Å². The number of phenolic OH excluding ortho intramolecular Hbond substituents is 1. The Kier molecular flexibility index (Phi) is 5.18. The van der Waals surface area contributed by atoms with Crippen LogP contribution in [-0.2, 0) is 0 Å². The number of nitrogens with one attached hydrogen (secondary N) is 1. The summed E-state index contributed by atoms with van der Waals surface area (Å²) in [5.74, 6) is 0.217. The van der Waals surface area contributed by atoms with Crippen LogP contribution < -0.4 is 5.32 Å². The summed E-state index contributed by atoms with van der Waals surface area (Å²) in [5, 5.41) is 22.7. The van der Waals surface area contributed by atoms with Gasteiger partial charge < -0.3 is 10.4 Å². The number of aromatic hydroxyl groups is 1. The van der Waals surface area contributed by atoms with E-state index in [-0.39, 0.29) is 11.8 Å². The Morgan fingerprint density at radius 2 is 2.20 bits per heavy atom. The van der Waals surface area contributed by atoms with Gasteiger partial charge in [-0.15, -0.1) is 6.58 Å². The summed E-state index contributed by atoms with van der Waals surface area (Å²) >= 11 is 3.32.